The van der Waals surface area contributed by atoms with Crippen LogP contribution >= 0.6 is 0 Å². The molecule has 0 fully saturated rings. The number of halogens is 1. The fourth-order valence-electron chi connectivity index (χ4n) is 1.45. The number of aromatic carboxylic acids is 1. The molecule has 0 unspecified atom stereocenters. The van der Waals surface area contributed by atoms with Gasteiger partial charge >= 0.3 is 5.97 Å². The molecule has 0 spiro atoms. The number of rotatable bonds is 4. The Balaban J connectivity index is 2.39. The number of pyridine rings is 1. The molecule has 2 N–H and O–H groups in total. The minimum atomic E-state index is -4.02. The second-order valence-corrected chi connectivity index (χ2v) is 5.48. The summed E-state index contributed by atoms with van der Waals surface area (Å²) >= 11 is 0. The number of hydrogen-bond donors (Lipinski definition) is 2. The third-order valence-corrected chi connectivity index (χ3v) is 3.75. The van der Waals surface area contributed by atoms with Crippen molar-refractivity contribution in [3.05, 3.63) is 54.1 Å². The van der Waals surface area contributed by atoms with Crippen molar-refractivity contribution >= 4 is 21.7 Å². The van der Waals surface area contributed by atoms with E-state index in [2.05, 4.69) is 4.98 Å². The number of anilines is 1. The molecular weight excluding hydrogens is 287 g/mol. The highest BCUT2D eigenvalue weighted by molar-refractivity contribution is 7.92. The number of aromatic nitrogens is 1. The summed E-state index contributed by atoms with van der Waals surface area (Å²) < 4.78 is 39.5. The van der Waals surface area contributed by atoms with Crippen molar-refractivity contribution in [1.29, 1.82) is 0 Å². The maximum absolute atomic E-state index is 13.5. The van der Waals surface area contributed by atoms with Crippen LogP contribution in [-0.4, -0.2) is 24.5 Å². The van der Waals surface area contributed by atoms with Gasteiger partial charge in [-0.3, -0.25) is 9.71 Å². The topological polar surface area (TPSA) is 96.4 Å². The number of sulfonamides is 1. The Morgan fingerprint density at radius 3 is 2.65 bits per heavy atom. The number of benzene rings is 1. The molecule has 0 aliphatic heterocycles. The third kappa shape index (κ3) is 2.91. The molecule has 0 aliphatic rings. The lowest BCUT2D eigenvalue weighted by Crippen LogP contribution is -2.14. The molecular formula is C12H9FN2O4S. The van der Waals surface area contributed by atoms with Crippen LogP contribution in [-0.2, 0) is 10.0 Å². The Morgan fingerprint density at radius 1 is 1.30 bits per heavy atom. The molecule has 0 aliphatic carbocycles. The lowest BCUT2D eigenvalue weighted by atomic mass is 10.2. The predicted molar refractivity (Wildman–Crippen MR) is 68.4 cm³/mol. The van der Waals surface area contributed by atoms with Crippen molar-refractivity contribution in [3.63, 3.8) is 0 Å². The highest BCUT2D eigenvalue weighted by Gasteiger charge is 2.17. The Morgan fingerprint density at radius 2 is 2.05 bits per heavy atom. The lowest BCUT2D eigenvalue weighted by Gasteiger charge is -2.09. The number of nitrogens with zero attached hydrogens (tertiary/aromatic N) is 1. The van der Waals surface area contributed by atoms with Crippen molar-refractivity contribution < 1.29 is 22.7 Å². The Hall–Kier alpha value is -2.48. The summed E-state index contributed by atoms with van der Waals surface area (Å²) in [4.78, 5) is 14.3. The van der Waals surface area contributed by atoms with Crippen LogP contribution in [0.1, 0.15) is 10.4 Å². The molecule has 1 aromatic heterocycles. The maximum Gasteiger partial charge on any atom is 0.335 e. The van der Waals surface area contributed by atoms with Gasteiger partial charge in [0.15, 0.2) is 0 Å². The molecule has 0 bridgehead atoms. The van der Waals surface area contributed by atoms with E-state index < -0.39 is 27.5 Å². The van der Waals surface area contributed by atoms with Gasteiger partial charge in [-0.25, -0.2) is 17.6 Å². The fourth-order valence-corrected chi connectivity index (χ4v) is 2.47. The first-order valence-corrected chi connectivity index (χ1v) is 6.84. The van der Waals surface area contributed by atoms with E-state index in [0.29, 0.717) is 0 Å². The normalized spacial score (nSPS) is 11.1. The van der Waals surface area contributed by atoms with Crippen molar-refractivity contribution in [2.45, 2.75) is 4.90 Å². The first-order valence-electron chi connectivity index (χ1n) is 5.36. The minimum absolute atomic E-state index is 0.153. The summed E-state index contributed by atoms with van der Waals surface area (Å²) in [5.41, 5.74) is -0.663. The average Bonchev–Trinajstić information content (AvgIpc) is 2.42. The zero-order valence-corrected chi connectivity index (χ0v) is 10.8. The predicted octanol–water partition coefficient (Wildman–Crippen LogP) is 1.72. The first kappa shape index (κ1) is 13.9. The van der Waals surface area contributed by atoms with E-state index in [1.54, 1.807) is 0 Å². The zero-order valence-electron chi connectivity index (χ0n) is 9.95. The molecule has 6 nitrogen and oxygen atoms in total. The number of hydrogen-bond acceptors (Lipinski definition) is 4. The van der Waals surface area contributed by atoms with Crippen molar-refractivity contribution in [1.82, 2.24) is 4.98 Å². The maximum atomic E-state index is 13.5. The third-order valence-electron chi connectivity index (χ3n) is 2.40. The van der Waals surface area contributed by atoms with Crippen LogP contribution < -0.4 is 4.72 Å². The molecule has 1 aromatic carbocycles. The molecule has 2 rings (SSSR count). The van der Waals surface area contributed by atoms with Crippen LogP contribution in [0, 0.1) is 5.82 Å². The summed E-state index contributed by atoms with van der Waals surface area (Å²) in [6, 6.07) is 5.53. The van der Waals surface area contributed by atoms with Crippen molar-refractivity contribution in [2.75, 3.05) is 4.72 Å². The quantitative estimate of drug-likeness (QED) is 0.895. The standard InChI is InChI=1S/C12H9FN2O4S/c13-10-4-3-8(12(16)17)6-11(10)15-20(18,19)9-2-1-5-14-7-9/h1-7,15H,(H,16,17). The zero-order chi connectivity index (χ0) is 14.8. The molecule has 0 saturated heterocycles. The number of nitrogens with one attached hydrogen (secondary N) is 1. The molecule has 0 amide bonds. The van der Waals surface area contributed by atoms with Gasteiger partial charge in [-0.1, -0.05) is 0 Å². The van der Waals surface area contributed by atoms with Crippen LogP contribution in [0.25, 0.3) is 0 Å². The smallest absolute Gasteiger partial charge is 0.335 e. The van der Waals surface area contributed by atoms with Gasteiger partial charge in [-0.2, -0.15) is 0 Å². The molecule has 1 heterocycles. The van der Waals surface area contributed by atoms with E-state index in [1.807, 2.05) is 4.72 Å². The summed E-state index contributed by atoms with van der Waals surface area (Å²) in [5, 5.41) is 8.81. The minimum Gasteiger partial charge on any atom is -0.478 e. The largest absolute Gasteiger partial charge is 0.478 e. The molecule has 0 radical (unpaired) electrons. The Kier molecular flexibility index (Phi) is 3.66. The van der Waals surface area contributed by atoms with Crippen LogP contribution in [0.2, 0.25) is 0 Å². The number of carboxylic acid groups (broad SMARTS) is 1. The SMILES string of the molecule is O=C(O)c1ccc(F)c(NS(=O)(=O)c2cccnc2)c1. The molecule has 104 valence electrons. The molecule has 0 atom stereocenters. The fraction of sp³-hybridized carbons (Fsp3) is 0. The van der Waals surface area contributed by atoms with Crippen LogP contribution in [0.5, 0.6) is 0 Å². The van der Waals surface area contributed by atoms with E-state index in [9.17, 15) is 17.6 Å². The first-order chi connectivity index (χ1) is 9.40. The molecule has 2 aromatic rings. The van der Waals surface area contributed by atoms with Gasteiger partial charge in [-0.15, -0.1) is 0 Å². The number of carboxylic acids is 1. The highest BCUT2D eigenvalue weighted by Crippen LogP contribution is 2.20. The van der Waals surface area contributed by atoms with Crippen molar-refractivity contribution in [2.24, 2.45) is 0 Å². The second-order valence-electron chi connectivity index (χ2n) is 3.79. The van der Waals surface area contributed by atoms with Crippen LogP contribution in [0.4, 0.5) is 10.1 Å². The second kappa shape index (κ2) is 5.25. The van der Waals surface area contributed by atoms with E-state index in [0.717, 1.165) is 24.4 Å². The van der Waals surface area contributed by atoms with E-state index in [1.165, 1.54) is 18.3 Å². The summed E-state index contributed by atoms with van der Waals surface area (Å²) in [6.07, 6.45) is 2.49. The van der Waals surface area contributed by atoms with Gasteiger partial charge in [0.2, 0.25) is 0 Å². The summed E-state index contributed by atoms with van der Waals surface area (Å²) in [6.45, 7) is 0. The van der Waals surface area contributed by atoms with Gasteiger partial charge in [0, 0.05) is 12.4 Å². The molecule has 8 heteroatoms. The molecule has 0 saturated carbocycles. The van der Waals surface area contributed by atoms with Gasteiger partial charge in [0.25, 0.3) is 10.0 Å². The average molecular weight is 296 g/mol. The van der Waals surface area contributed by atoms with Crippen LogP contribution in [0.15, 0.2) is 47.6 Å². The van der Waals surface area contributed by atoms with E-state index >= 15 is 0 Å². The Labute approximate surface area is 114 Å². The van der Waals surface area contributed by atoms with Crippen LogP contribution in [0.3, 0.4) is 0 Å². The van der Waals surface area contributed by atoms with E-state index in [-0.39, 0.29) is 10.5 Å². The van der Waals surface area contributed by atoms with Crippen molar-refractivity contribution in [3.8, 4) is 0 Å². The summed E-state index contributed by atoms with van der Waals surface area (Å²) in [7, 11) is -4.02. The lowest BCUT2D eigenvalue weighted by molar-refractivity contribution is 0.0697. The van der Waals surface area contributed by atoms with E-state index in [4.69, 9.17) is 5.11 Å². The Bertz CT molecular complexity index is 747. The van der Waals surface area contributed by atoms with Gasteiger partial charge in [0.1, 0.15) is 10.7 Å². The summed E-state index contributed by atoms with van der Waals surface area (Å²) in [5.74, 6) is -2.16. The van der Waals surface area contributed by atoms with Gasteiger partial charge in [-0.05, 0) is 30.3 Å². The monoisotopic (exact) mass is 296 g/mol. The molecule has 20 heavy (non-hydrogen) atoms. The number of carbonyl (C=O) groups is 1. The highest BCUT2D eigenvalue weighted by atomic mass is 32.2. The van der Waals surface area contributed by atoms with Gasteiger partial charge < -0.3 is 5.11 Å². The van der Waals surface area contributed by atoms with Gasteiger partial charge in [0.05, 0.1) is 11.3 Å².